The van der Waals surface area contributed by atoms with E-state index in [9.17, 15) is 0 Å². The molecule has 19 heavy (non-hydrogen) atoms. The van der Waals surface area contributed by atoms with Crippen molar-refractivity contribution in [3.63, 3.8) is 0 Å². The predicted octanol–water partition coefficient (Wildman–Crippen LogP) is 4.29. The average Bonchev–Trinajstić information content (AvgIpc) is 2.76. The molecule has 0 bridgehead atoms. The first-order valence-electron chi connectivity index (χ1n) is 6.13. The van der Waals surface area contributed by atoms with Crippen LogP contribution in [0.2, 0.25) is 0 Å². The standard InChI is InChI=1S/C15H18INOS/c1-9-5-11(6-10(2)15(9)18-4)14(17-3)12-7-13(16)19-8-12/h5-8,14,17H,1-4H3. The van der Waals surface area contributed by atoms with Crippen molar-refractivity contribution in [3.05, 3.63) is 48.7 Å². The monoisotopic (exact) mass is 387 g/mol. The second-order valence-electron chi connectivity index (χ2n) is 4.59. The molecule has 1 N–H and O–H groups in total. The lowest BCUT2D eigenvalue weighted by Gasteiger charge is -2.19. The van der Waals surface area contributed by atoms with E-state index in [1.165, 1.54) is 25.1 Å². The number of halogens is 1. The second kappa shape index (κ2) is 6.24. The van der Waals surface area contributed by atoms with Crippen LogP contribution >= 0.6 is 33.9 Å². The van der Waals surface area contributed by atoms with Crippen LogP contribution in [0, 0.1) is 16.7 Å². The molecule has 102 valence electrons. The lowest BCUT2D eigenvalue weighted by molar-refractivity contribution is 0.408. The lowest BCUT2D eigenvalue weighted by atomic mass is 9.97. The minimum atomic E-state index is 0.239. The zero-order valence-corrected chi connectivity index (χ0v) is 14.6. The topological polar surface area (TPSA) is 21.3 Å². The highest BCUT2D eigenvalue weighted by Gasteiger charge is 2.16. The largest absolute Gasteiger partial charge is 0.496 e. The summed E-state index contributed by atoms with van der Waals surface area (Å²) in [6, 6.07) is 6.89. The molecule has 0 aliphatic carbocycles. The van der Waals surface area contributed by atoms with E-state index in [1.807, 2.05) is 7.05 Å². The molecule has 1 aromatic carbocycles. The van der Waals surface area contributed by atoms with Crippen LogP contribution in [-0.4, -0.2) is 14.2 Å². The van der Waals surface area contributed by atoms with Gasteiger partial charge in [0.15, 0.2) is 0 Å². The molecule has 1 heterocycles. The Hall–Kier alpha value is -0.590. The Kier molecular flexibility index (Phi) is 4.86. The molecule has 4 heteroatoms. The van der Waals surface area contributed by atoms with E-state index < -0.39 is 0 Å². The maximum absolute atomic E-state index is 5.43. The Morgan fingerprint density at radius 1 is 1.16 bits per heavy atom. The van der Waals surface area contributed by atoms with Gasteiger partial charge in [-0.05, 0) is 77.2 Å². The van der Waals surface area contributed by atoms with Crippen molar-refractivity contribution in [3.8, 4) is 5.75 Å². The van der Waals surface area contributed by atoms with Crippen molar-refractivity contribution in [2.45, 2.75) is 19.9 Å². The second-order valence-corrected chi connectivity index (χ2v) is 7.40. The van der Waals surface area contributed by atoms with Gasteiger partial charge in [-0.3, -0.25) is 0 Å². The number of hydrogen-bond donors (Lipinski definition) is 1. The van der Waals surface area contributed by atoms with Gasteiger partial charge >= 0.3 is 0 Å². The Morgan fingerprint density at radius 3 is 2.21 bits per heavy atom. The first-order valence-corrected chi connectivity index (χ1v) is 8.09. The summed E-state index contributed by atoms with van der Waals surface area (Å²) in [5.41, 5.74) is 4.97. The fourth-order valence-electron chi connectivity index (χ4n) is 2.47. The van der Waals surface area contributed by atoms with Gasteiger partial charge < -0.3 is 10.1 Å². The van der Waals surface area contributed by atoms with Crippen molar-refractivity contribution >= 4 is 33.9 Å². The molecule has 0 aliphatic rings. The Labute approximate surface area is 132 Å². The van der Waals surface area contributed by atoms with Crippen molar-refractivity contribution in [1.29, 1.82) is 0 Å². The SMILES string of the molecule is CNC(c1csc(I)c1)c1cc(C)c(OC)c(C)c1. The summed E-state index contributed by atoms with van der Waals surface area (Å²) in [6.07, 6.45) is 0. The summed E-state index contributed by atoms with van der Waals surface area (Å²) in [5, 5.41) is 5.62. The first-order chi connectivity index (χ1) is 9.06. The number of nitrogens with one attached hydrogen (secondary N) is 1. The van der Waals surface area contributed by atoms with Gasteiger partial charge in [-0.15, -0.1) is 11.3 Å². The number of thiophene rings is 1. The molecule has 2 nitrogen and oxygen atoms in total. The van der Waals surface area contributed by atoms with Crippen LogP contribution in [0.4, 0.5) is 0 Å². The maximum Gasteiger partial charge on any atom is 0.124 e. The number of ether oxygens (including phenoxy) is 1. The molecule has 1 aromatic heterocycles. The van der Waals surface area contributed by atoms with E-state index in [0.29, 0.717) is 0 Å². The van der Waals surface area contributed by atoms with E-state index in [0.717, 1.165) is 5.75 Å². The number of rotatable bonds is 4. The van der Waals surface area contributed by atoms with Crippen LogP contribution < -0.4 is 10.1 Å². The van der Waals surface area contributed by atoms with Gasteiger partial charge in [0.05, 0.1) is 16.0 Å². The molecule has 0 radical (unpaired) electrons. The summed E-state index contributed by atoms with van der Waals surface area (Å²) in [4.78, 5) is 0. The van der Waals surface area contributed by atoms with Crippen LogP contribution in [0.3, 0.4) is 0 Å². The van der Waals surface area contributed by atoms with Crippen LogP contribution in [0.15, 0.2) is 23.6 Å². The minimum absolute atomic E-state index is 0.239. The van der Waals surface area contributed by atoms with Crippen LogP contribution in [-0.2, 0) is 0 Å². The van der Waals surface area contributed by atoms with Gasteiger partial charge in [-0.25, -0.2) is 0 Å². The van der Waals surface area contributed by atoms with Gasteiger partial charge in [0.2, 0.25) is 0 Å². The lowest BCUT2D eigenvalue weighted by Crippen LogP contribution is -2.17. The number of aryl methyl sites for hydroxylation is 2. The summed E-state index contributed by atoms with van der Waals surface area (Å²) in [5.74, 6) is 0.985. The molecule has 2 rings (SSSR count). The molecule has 0 fully saturated rings. The highest BCUT2D eigenvalue weighted by atomic mass is 127. The molecule has 0 amide bonds. The van der Waals surface area contributed by atoms with Gasteiger partial charge in [-0.1, -0.05) is 12.1 Å². The molecular weight excluding hydrogens is 369 g/mol. The summed E-state index contributed by atoms with van der Waals surface area (Å²) < 4.78 is 6.75. The third kappa shape index (κ3) is 3.12. The van der Waals surface area contributed by atoms with Crippen molar-refractivity contribution in [1.82, 2.24) is 5.32 Å². The Bertz CT molecular complexity index is 556. The third-order valence-corrected chi connectivity index (χ3v) is 5.04. The van der Waals surface area contributed by atoms with E-state index in [-0.39, 0.29) is 6.04 Å². The molecule has 0 spiro atoms. The summed E-state index contributed by atoms with van der Waals surface area (Å²) in [6.45, 7) is 4.19. The normalized spacial score (nSPS) is 12.5. The predicted molar refractivity (Wildman–Crippen MR) is 90.4 cm³/mol. The number of hydrogen-bond acceptors (Lipinski definition) is 3. The van der Waals surface area contributed by atoms with E-state index in [4.69, 9.17) is 4.74 Å². The fraction of sp³-hybridized carbons (Fsp3) is 0.333. The van der Waals surface area contributed by atoms with E-state index in [1.54, 1.807) is 18.4 Å². The van der Waals surface area contributed by atoms with E-state index in [2.05, 4.69) is 65.3 Å². The van der Waals surface area contributed by atoms with Crippen molar-refractivity contribution < 1.29 is 4.74 Å². The van der Waals surface area contributed by atoms with Crippen molar-refractivity contribution in [2.24, 2.45) is 0 Å². The third-order valence-electron chi connectivity index (χ3n) is 3.23. The Balaban J connectivity index is 2.44. The minimum Gasteiger partial charge on any atom is -0.496 e. The smallest absolute Gasteiger partial charge is 0.124 e. The maximum atomic E-state index is 5.43. The van der Waals surface area contributed by atoms with Crippen LogP contribution in [0.5, 0.6) is 5.75 Å². The highest BCUT2D eigenvalue weighted by molar-refractivity contribution is 14.1. The number of benzene rings is 1. The molecule has 0 saturated carbocycles. The zero-order valence-electron chi connectivity index (χ0n) is 11.6. The molecule has 1 atom stereocenters. The average molecular weight is 387 g/mol. The van der Waals surface area contributed by atoms with Gasteiger partial charge in [0.1, 0.15) is 5.75 Å². The van der Waals surface area contributed by atoms with Gasteiger partial charge in [0.25, 0.3) is 0 Å². The van der Waals surface area contributed by atoms with E-state index >= 15 is 0 Å². The quantitative estimate of drug-likeness (QED) is 0.791. The van der Waals surface area contributed by atoms with Gasteiger partial charge in [-0.2, -0.15) is 0 Å². The Morgan fingerprint density at radius 2 is 1.79 bits per heavy atom. The van der Waals surface area contributed by atoms with Gasteiger partial charge in [0, 0.05) is 0 Å². The zero-order chi connectivity index (χ0) is 14.0. The fourth-order valence-corrected chi connectivity index (χ4v) is 3.87. The highest BCUT2D eigenvalue weighted by Crippen LogP contribution is 2.31. The molecule has 2 aromatic rings. The summed E-state index contributed by atoms with van der Waals surface area (Å²) >= 11 is 4.15. The number of methoxy groups -OCH3 is 1. The summed E-state index contributed by atoms with van der Waals surface area (Å²) in [7, 11) is 3.73. The molecular formula is C15H18INOS. The molecule has 1 unspecified atom stereocenters. The van der Waals surface area contributed by atoms with Crippen LogP contribution in [0.1, 0.15) is 28.3 Å². The van der Waals surface area contributed by atoms with Crippen molar-refractivity contribution in [2.75, 3.05) is 14.2 Å². The molecule has 0 saturated heterocycles. The van der Waals surface area contributed by atoms with Crippen LogP contribution in [0.25, 0.3) is 0 Å². The molecule has 0 aliphatic heterocycles. The first kappa shape index (κ1) is 14.8.